The number of carbonyl (C=O) groups excluding carboxylic acids is 2. The van der Waals surface area contributed by atoms with Crippen molar-refractivity contribution in [3.05, 3.63) is 70.3 Å². The van der Waals surface area contributed by atoms with Gasteiger partial charge in [-0.15, -0.1) is 0 Å². The second-order valence-electron chi connectivity index (χ2n) is 7.76. The smallest absolute Gasteiger partial charge is 0.266 e. The van der Waals surface area contributed by atoms with E-state index in [9.17, 15) is 18.0 Å². The Bertz CT molecular complexity index is 1190. The van der Waals surface area contributed by atoms with E-state index in [-0.39, 0.29) is 24.3 Å². The predicted molar refractivity (Wildman–Crippen MR) is 94.7 cm³/mol. The summed E-state index contributed by atoms with van der Waals surface area (Å²) in [5, 5.41) is 0. The Morgan fingerprint density at radius 3 is 2.44 bits per heavy atom. The molecule has 2 bridgehead atoms. The quantitative estimate of drug-likeness (QED) is 0.639. The Balaban J connectivity index is 1.54. The first-order valence-corrected chi connectivity index (χ1v) is 10.5. The van der Waals surface area contributed by atoms with Crippen LogP contribution in [0.15, 0.2) is 42.5 Å². The molecule has 2 amide bonds. The van der Waals surface area contributed by atoms with E-state index >= 15 is 0 Å². The highest BCUT2D eigenvalue weighted by Gasteiger charge is 2.75. The summed E-state index contributed by atoms with van der Waals surface area (Å²) in [6.45, 7) is -0.303. The van der Waals surface area contributed by atoms with Gasteiger partial charge in [0.1, 0.15) is 0 Å². The Hall–Kier alpha value is -2.51. The molecule has 7 rings (SSSR count). The summed E-state index contributed by atoms with van der Waals surface area (Å²) < 4.78 is 31.3. The van der Waals surface area contributed by atoms with Gasteiger partial charge in [0, 0.05) is 12.5 Å². The van der Waals surface area contributed by atoms with Crippen LogP contribution < -0.4 is 0 Å². The van der Waals surface area contributed by atoms with Gasteiger partial charge in [0.05, 0.1) is 23.0 Å². The maximum atomic E-state index is 13.2. The number of benzene rings is 2. The van der Waals surface area contributed by atoms with Crippen LogP contribution in [0.3, 0.4) is 0 Å². The number of amides is 2. The molecular weight excluding hydrogens is 366 g/mol. The third-order valence-electron chi connectivity index (χ3n) is 6.75. The topological polar surface area (TPSA) is 91.8 Å². The van der Waals surface area contributed by atoms with Crippen LogP contribution in [0, 0.1) is 11.8 Å². The SMILES string of the molecule is O=C1C2C3c4ccccc4C4(c5cccc3c54)C2C(=O)N1CCS(=O)(=O)O. The van der Waals surface area contributed by atoms with Crippen molar-refractivity contribution >= 4 is 21.9 Å². The van der Waals surface area contributed by atoms with Crippen LogP contribution in [0.1, 0.15) is 33.7 Å². The Labute approximate surface area is 155 Å². The lowest BCUT2D eigenvalue weighted by atomic mass is 9.55. The lowest BCUT2D eigenvalue weighted by Gasteiger charge is -2.43. The molecule has 6 nitrogen and oxygen atoms in total. The van der Waals surface area contributed by atoms with Crippen molar-refractivity contribution in [3.8, 4) is 0 Å². The maximum Gasteiger partial charge on any atom is 0.266 e. The van der Waals surface area contributed by atoms with Gasteiger partial charge in [0.15, 0.2) is 0 Å². The molecule has 0 aromatic heterocycles. The van der Waals surface area contributed by atoms with Gasteiger partial charge < -0.3 is 0 Å². The molecule has 136 valence electrons. The molecule has 2 aromatic carbocycles. The summed E-state index contributed by atoms with van der Waals surface area (Å²) >= 11 is 0. The minimum absolute atomic E-state index is 0.183. The molecule has 27 heavy (non-hydrogen) atoms. The van der Waals surface area contributed by atoms with Crippen LogP contribution >= 0.6 is 0 Å². The van der Waals surface area contributed by atoms with Gasteiger partial charge in [0.25, 0.3) is 10.1 Å². The zero-order chi connectivity index (χ0) is 18.7. The number of imide groups is 1. The number of nitrogens with zero attached hydrogens (tertiary/aromatic N) is 1. The first kappa shape index (κ1) is 15.5. The highest BCUT2D eigenvalue weighted by Crippen LogP contribution is 2.74. The molecule has 1 fully saturated rings. The first-order valence-electron chi connectivity index (χ1n) is 8.91. The van der Waals surface area contributed by atoms with Crippen molar-refractivity contribution < 1.29 is 22.6 Å². The normalized spacial score (nSPS) is 31.6. The van der Waals surface area contributed by atoms with Crippen molar-refractivity contribution in [2.75, 3.05) is 12.3 Å². The maximum absolute atomic E-state index is 13.2. The van der Waals surface area contributed by atoms with Gasteiger partial charge in [-0.25, -0.2) is 0 Å². The molecule has 5 aliphatic rings. The van der Waals surface area contributed by atoms with E-state index in [2.05, 4.69) is 0 Å². The molecule has 0 radical (unpaired) electrons. The standard InChI is InChI=1S/C20H15NO5S/c22-18-15-14-10-4-1-2-6-12(10)20(13-7-3-5-11(14)16(13)20)17(15)19(23)21(18)8-9-27(24,25)26/h1-7,14-15,17H,8-9H2,(H,24,25,26). The Morgan fingerprint density at radius 2 is 1.67 bits per heavy atom. The highest BCUT2D eigenvalue weighted by atomic mass is 32.2. The predicted octanol–water partition coefficient (Wildman–Crippen LogP) is 1.28. The van der Waals surface area contributed by atoms with Crippen molar-refractivity contribution in [2.24, 2.45) is 11.8 Å². The number of carbonyl (C=O) groups is 2. The molecule has 1 spiro atoms. The zero-order valence-corrected chi connectivity index (χ0v) is 14.9. The van der Waals surface area contributed by atoms with E-state index in [4.69, 9.17) is 4.55 Å². The molecule has 0 saturated carbocycles. The second kappa shape index (κ2) is 4.48. The molecule has 7 heteroatoms. The van der Waals surface area contributed by atoms with Crippen LogP contribution in [-0.2, 0) is 25.1 Å². The lowest BCUT2D eigenvalue weighted by molar-refractivity contribution is -0.139. The summed E-state index contributed by atoms with van der Waals surface area (Å²) in [7, 11) is -4.26. The van der Waals surface area contributed by atoms with Crippen LogP contribution in [0.5, 0.6) is 0 Å². The number of rotatable bonds is 3. The molecule has 1 heterocycles. The third kappa shape index (κ3) is 1.59. The minimum Gasteiger partial charge on any atom is -0.285 e. The van der Waals surface area contributed by atoms with Crippen molar-refractivity contribution in [1.29, 1.82) is 0 Å². The second-order valence-corrected chi connectivity index (χ2v) is 9.33. The van der Waals surface area contributed by atoms with E-state index in [0.29, 0.717) is 0 Å². The largest absolute Gasteiger partial charge is 0.285 e. The van der Waals surface area contributed by atoms with E-state index in [1.165, 1.54) is 5.56 Å². The van der Waals surface area contributed by atoms with E-state index < -0.39 is 33.1 Å². The summed E-state index contributed by atoms with van der Waals surface area (Å²) in [5.41, 5.74) is 5.04. The molecule has 1 saturated heterocycles. The summed E-state index contributed by atoms with van der Waals surface area (Å²) in [4.78, 5) is 27.5. The average Bonchev–Trinajstić information content (AvgIpc) is 3.23. The molecule has 2 aromatic rings. The summed E-state index contributed by atoms with van der Waals surface area (Å²) in [5.74, 6) is -2.50. The molecule has 4 atom stereocenters. The molecule has 1 N–H and O–H groups in total. The fraction of sp³-hybridized carbons (Fsp3) is 0.300. The highest BCUT2D eigenvalue weighted by molar-refractivity contribution is 7.85. The van der Waals surface area contributed by atoms with E-state index in [1.54, 1.807) is 0 Å². The van der Waals surface area contributed by atoms with Gasteiger partial charge in [-0.1, -0.05) is 42.5 Å². The third-order valence-corrected chi connectivity index (χ3v) is 7.45. The van der Waals surface area contributed by atoms with Crippen LogP contribution in [-0.4, -0.2) is 42.0 Å². The zero-order valence-electron chi connectivity index (χ0n) is 14.1. The van der Waals surface area contributed by atoms with E-state index in [0.717, 1.165) is 27.2 Å². The molecular formula is C20H15NO5S. The molecule has 4 unspecified atom stereocenters. The number of likely N-dealkylation sites (tertiary alicyclic amines) is 1. The molecule has 4 aliphatic carbocycles. The summed E-state index contributed by atoms with van der Waals surface area (Å²) in [6, 6.07) is 14.0. The van der Waals surface area contributed by atoms with Crippen molar-refractivity contribution in [1.82, 2.24) is 4.90 Å². The fourth-order valence-corrected chi connectivity index (χ4v) is 6.34. The van der Waals surface area contributed by atoms with Crippen LogP contribution in [0.25, 0.3) is 0 Å². The van der Waals surface area contributed by atoms with Gasteiger partial charge in [0.2, 0.25) is 11.8 Å². The van der Waals surface area contributed by atoms with Crippen molar-refractivity contribution in [3.63, 3.8) is 0 Å². The van der Waals surface area contributed by atoms with Gasteiger partial charge in [-0.05, 0) is 27.8 Å². The Kier molecular flexibility index (Phi) is 2.58. The van der Waals surface area contributed by atoms with Crippen LogP contribution in [0.2, 0.25) is 0 Å². The van der Waals surface area contributed by atoms with E-state index in [1.807, 2.05) is 42.5 Å². The summed E-state index contributed by atoms with van der Waals surface area (Å²) in [6.07, 6.45) is 0. The van der Waals surface area contributed by atoms with Gasteiger partial charge in [-0.3, -0.25) is 19.0 Å². The first-order chi connectivity index (χ1) is 12.9. The monoisotopic (exact) mass is 381 g/mol. The number of hydrogen-bond acceptors (Lipinski definition) is 4. The fourth-order valence-electron chi connectivity index (χ4n) is 5.93. The minimum atomic E-state index is -4.26. The molecule has 1 aliphatic heterocycles. The van der Waals surface area contributed by atoms with Gasteiger partial charge in [-0.2, -0.15) is 8.42 Å². The van der Waals surface area contributed by atoms with Crippen LogP contribution in [0.4, 0.5) is 0 Å². The lowest BCUT2D eigenvalue weighted by Crippen LogP contribution is -2.45. The van der Waals surface area contributed by atoms with Gasteiger partial charge >= 0.3 is 0 Å². The Morgan fingerprint density at radius 1 is 0.963 bits per heavy atom. The number of hydrogen-bond donors (Lipinski definition) is 1. The van der Waals surface area contributed by atoms with Crippen molar-refractivity contribution in [2.45, 2.75) is 11.3 Å². The average molecular weight is 381 g/mol.